The normalized spacial score (nSPS) is 20.0. The van der Waals surface area contributed by atoms with E-state index in [1.165, 1.54) is 5.57 Å². The fourth-order valence-corrected chi connectivity index (χ4v) is 1.34. The summed E-state index contributed by atoms with van der Waals surface area (Å²) < 4.78 is 0. The fourth-order valence-electron chi connectivity index (χ4n) is 1.34. The molecule has 62 valence electrons. The Morgan fingerprint density at radius 1 is 1.45 bits per heavy atom. The second-order valence-electron chi connectivity index (χ2n) is 3.22. The largest absolute Gasteiger partial charge is 0.306 e. The molecule has 1 saturated heterocycles. The predicted molar refractivity (Wildman–Crippen MR) is 45.5 cm³/mol. The molecule has 1 aliphatic heterocycles. The Balaban J connectivity index is 2.45. The summed E-state index contributed by atoms with van der Waals surface area (Å²) >= 11 is 0. The van der Waals surface area contributed by atoms with Crippen LogP contribution in [-0.2, 0) is 4.79 Å². The van der Waals surface area contributed by atoms with Gasteiger partial charge in [-0.3, -0.25) is 4.79 Å². The molecule has 2 heteroatoms. The van der Waals surface area contributed by atoms with Gasteiger partial charge in [-0.05, 0) is 32.9 Å². The molecule has 1 rings (SSSR count). The first kappa shape index (κ1) is 8.47. The summed E-state index contributed by atoms with van der Waals surface area (Å²) in [5, 5.41) is 0. The van der Waals surface area contributed by atoms with Gasteiger partial charge in [0, 0.05) is 13.1 Å². The van der Waals surface area contributed by atoms with E-state index in [-0.39, 0.29) is 5.78 Å². The molecule has 1 fully saturated rings. The summed E-state index contributed by atoms with van der Waals surface area (Å²) in [4.78, 5) is 13.0. The maximum Gasteiger partial charge on any atom is 0.152 e. The van der Waals surface area contributed by atoms with E-state index < -0.39 is 0 Å². The fraction of sp³-hybridized carbons (Fsp3) is 0.667. The smallest absolute Gasteiger partial charge is 0.152 e. The van der Waals surface area contributed by atoms with Crippen LogP contribution in [0.15, 0.2) is 11.6 Å². The van der Waals surface area contributed by atoms with Crippen molar-refractivity contribution in [2.24, 2.45) is 0 Å². The molecule has 0 spiro atoms. The third-order valence-corrected chi connectivity index (χ3v) is 2.04. The Kier molecular flexibility index (Phi) is 2.83. The summed E-state index contributed by atoms with van der Waals surface area (Å²) in [6.45, 7) is 3.81. The molecule has 0 aromatic heterocycles. The van der Waals surface area contributed by atoms with Gasteiger partial charge in [0.05, 0.1) is 0 Å². The highest BCUT2D eigenvalue weighted by Crippen LogP contribution is 2.13. The maximum absolute atomic E-state index is 10.7. The number of hydrogen-bond acceptors (Lipinski definition) is 2. The zero-order valence-corrected chi connectivity index (χ0v) is 7.26. The Bertz CT molecular complexity index is 174. The minimum atomic E-state index is 0.185. The number of ketones is 1. The second kappa shape index (κ2) is 3.67. The summed E-state index contributed by atoms with van der Waals surface area (Å²) in [7, 11) is 2.12. The van der Waals surface area contributed by atoms with E-state index in [1.54, 1.807) is 13.0 Å². The topological polar surface area (TPSA) is 20.3 Å². The van der Waals surface area contributed by atoms with Crippen LogP contribution in [0.3, 0.4) is 0 Å². The van der Waals surface area contributed by atoms with Gasteiger partial charge in [0.25, 0.3) is 0 Å². The van der Waals surface area contributed by atoms with Crippen LogP contribution in [0.1, 0.15) is 19.8 Å². The quantitative estimate of drug-likeness (QED) is 0.528. The van der Waals surface area contributed by atoms with Gasteiger partial charge in [-0.25, -0.2) is 0 Å². The lowest BCUT2D eigenvalue weighted by molar-refractivity contribution is -0.112. The van der Waals surface area contributed by atoms with Gasteiger partial charge in [-0.15, -0.1) is 0 Å². The van der Waals surface area contributed by atoms with Crippen LogP contribution in [0.4, 0.5) is 0 Å². The lowest BCUT2D eigenvalue weighted by atomic mass is 10.0. The van der Waals surface area contributed by atoms with Crippen LogP contribution in [0.5, 0.6) is 0 Å². The van der Waals surface area contributed by atoms with Crippen LogP contribution in [0.25, 0.3) is 0 Å². The molecule has 2 nitrogen and oxygen atoms in total. The van der Waals surface area contributed by atoms with Gasteiger partial charge in [-0.2, -0.15) is 0 Å². The number of rotatable bonds is 1. The Morgan fingerprint density at radius 3 is 2.45 bits per heavy atom. The number of carbonyl (C=O) groups excluding carboxylic acids is 1. The molecule has 0 bridgehead atoms. The summed E-state index contributed by atoms with van der Waals surface area (Å²) in [5.74, 6) is 0.185. The van der Waals surface area contributed by atoms with Gasteiger partial charge in [-0.1, -0.05) is 5.57 Å². The highest BCUT2D eigenvalue weighted by atomic mass is 16.1. The van der Waals surface area contributed by atoms with Crippen LogP contribution < -0.4 is 0 Å². The van der Waals surface area contributed by atoms with Crippen molar-refractivity contribution in [3.63, 3.8) is 0 Å². The molecule has 0 atom stereocenters. The summed E-state index contributed by atoms with van der Waals surface area (Å²) in [5.41, 5.74) is 1.32. The average Bonchev–Trinajstić information content (AvgIpc) is 1.93. The third-order valence-electron chi connectivity index (χ3n) is 2.04. The van der Waals surface area contributed by atoms with E-state index in [2.05, 4.69) is 11.9 Å². The lowest BCUT2D eigenvalue weighted by Crippen LogP contribution is -2.26. The Hall–Kier alpha value is -0.630. The number of allylic oxidation sites excluding steroid dienone is 1. The van der Waals surface area contributed by atoms with Crippen LogP contribution >= 0.6 is 0 Å². The van der Waals surface area contributed by atoms with Crippen molar-refractivity contribution in [3.05, 3.63) is 11.6 Å². The third kappa shape index (κ3) is 2.85. The van der Waals surface area contributed by atoms with Crippen LogP contribution in [0.2, 0.25) is 0 Å². The lowest BCUT2D eigenvalue weighted by Gasteiger charge is -2.23. The number of nitrogens with zero attached hydrogens (tertiary/aromatic N) is 1. The van der Waals surface area contributed by atoms with Gasteiger partial charge in [0.1, 0.15) is 0 Å². The zero-order chi connectivity index (χ0) is 8.27. The first-order valence-electron chi connectivity index (χ1n) is 4.07. The van der Waals surface area contributed by atoms with Crippen molar-refractivity contribution >= 4 is 5.78 Å². The van der Waals surface area contributed by atoms with E-state index in [4.69, 9.17) is 0 Å². The van der Waals surface area contributed by atoms with Gasteiger partial charge in [0.2, 0.25) is 0 Å². The molecule has 0 aliphatic carbocycles. The first-order valence-corrected chi connectivity index (χ1v) is 4.07. The maximum atomic E-state index is 10.7. The zero-order valence-electron chi connectivity index (χ0n) is 7.26. The SMILES string of the molecule is CC(=O)C=C1CCN(C)CC1. The van der Waals surface area contributed by atoms with Crippen molar-refractivity contribution in [1.29, 1.82) is 0 Å². The molecular formula is C9H15NO. The highest BCUT2D eigenvalue weighted by molar-refractivity contribution is 5.87. The van der Waals surface area contributed by atoms with Crippen molar-refractivity contribution in [2.45, 2.75) is 19.8 Å². The molecule has 0 amide bonds. The Morgan fingerprint density at radius 2 is 2.00 bits per heavy atom. The molecule has 0 aromatic rings. The molecule has 0 unspecified atom stereocenters. The van der Waals surface area contributed by atoms with Gasteiger partial charge >= 0.3 is 0 Å². The number of hydrogen-bond donors (Lipinski definition) is 0. The minimum Gasteiger partial charge on any atom is -0.306 e. The van der Waals surface area contributed by atoms with E-state index >= 15 is 0 Å². The molecular weight excluding hydrogens is 138 g/mol. The predicted octanol–water partition coefficient (Wildman–Crippen LogP) is 1.23. The van der Waals surface area contributed by atoms with Crippen molar-refractivity contribution in [2.75, 3.05) is 20.1 Å². The molecule has 11 heavy (non-hydrogen) atoms. The highest BCUT2D eigenvalue weighted by Gasteiger charge is 2.09. The second-order valence-corrected chi connectivity index (χ2v) is 3.22. The standard InChI is InChI=1S/C9H15NO/c1-8(11)7-9-3-5-10(2)6-4-9/h7H,3-6H2,1-2H3. The van der Waals surface area contributed by atoms with Crippen molar-refractivity contribution < 1.29 is 4.79 Å². The molecule has 0 N–H and O–H groups in total. The number of likely N-dealkylation sites (tertiary alicyclic amines) is 1. The summed E-state index contributed by atoms with van der Waals surface area (Å²) in [6, 6.07) is 0. The van der Waals surface area contributed by atoms with E-state index in [0.717, 1.165) is 25.9 Å². The van der Waals surface area contributed by atoms with Crippen LogP contribution in [0, 0.1) is 0 Å². The molecule has 0 radical (unpaired) electrons. The Labute approximate surface area is 67.9 Å². The molecule has 1 heterocycles. The van der Waals surface area contributed by atoms with Gasteiger partial charge < -0.3 is 4.90 Å². The van der Waals surface area contributed by atoms with Crippen LogP contribution in [-0.4, -0.2) is 30.8 Å². The van der Waals surface area contributed by atoms with Crippen molar-refractivity contribution in [1.82, 2.24) is 4.90 Å². The number of carbonyl (C=O) groups is 1. The molecule has 0 saturated carbocycles. The van der Waals surface area contributed by atoms with Gasteiger partial charge in [0.15, 0.2) is 5.78 Å². The monoisotopic (exact) mass is 153 g/mol. The van der Waals surface area contributed by atoms with Crippen molar-refractivity contribution in [3.8, 4) is 0 Å². The molecule has 0 aromatic carbocycles. The average molecular weight is 153 g/mol. The number of piperidine rings is 1. The van der Waals surface area contributed by atoms with E-state index in [0.29, 0.717) is 0 Å². The molecule has 1 aliphatic rings. The van der Waals surface area contributed by atoms with E-state index in [9.17, 15) is 4.79 Å². The van der Waals surface area contributed by atoms with E-state index in [1.807, 2.05) is 0 Å². The first-order chi connectivity index (χ1) is 5.18. The minimum absolute atomic E-state index is 0.185. The summed E-state index contributed by atoms with van der Waals surface area (Å²) in [6.07, 6.45) is 3.92.